The fraction of sp³-hybridized carbons (Fsp3) is 0.0455. The lowest BCUT2D eigenvalue weighted by atomic mass is 10.1. The van der Waals surface area contributed by atoms with Gasteiger partial charge in [0, 0.05) is 5.56 Å². The van der Waals surface area contributed by atoms with E-state index in [2.05, 4.69) is 10.3 Å². The summed E-state index contributed by atoms with van der Waals surface area (Å²) in [5.74, 6) is -0.516. The zero-order chi connectivity index (χ0) is 20.5. The summed E-state index contributed by atoms with van der Waals surface area (Å²) in [4.78, 5) is 40.5. The number of anilines is 1. The lowest BCUT2D eigenvalue weighted by Gasteiger charge is -2.10. The smallest absolute Gasteiger partial charge is 0.333 e. The summed E-state index contributed by atoms with van der Waals surface area (Å²) in [6.45, 7) is 1.83. The van der Waals surface area contributed by atoms with Crippen LogP contribution >= 0.6 is 0 Å². The summed E-state index contributed by atoms with van der Waals surface area (Å²) < 4.78 is 1.05. The molecule has 1 heterocycles. The predicted octanol–water partition coefficient (Wildman–Crippen LogP) is 2.95. The SMILES string of the molecule is Cc1ccc(NC(=O)c2ccc3c(=O)n(-c4ccccc4)c(=O)[nH]c3c2)c(O)c1. The van der Waals surface area contributed by atoms with Gasteiger partial charge >= 0.3 is 5.69 Å². The van der Waals surface area contributed by atoms with Crippen molar-refractivity contribution in [3.05, 3.63) is 98.7 Å². The van der Waals surface area contributed by atoms with Crippen molar-refractivity contribution in [3.8, 4) is 11.4 Å². The molecule has 1 amide bonds. The van der Waals surface area contributed by atoms with Crippen LogP contribution in [0, 0.1) is 6.92 Å². The van der Waals surface area contributed by atoms with Crippen LogP contribution in [0.2, 0.25) is 0 Å². The zero-order valence-corrected chi connectivity index (χ0v) is 15.5. The molecule has 7 nitrogen and oxygen atoms in total. The molecule has 0 saturated heterocycles. The van der Waals surface area contributed by atoms with Crippen LogP contribution in [0.5, 0.6) is 5.75 Å². The second-order valence-corrected chi connectivity index (χ2v) is 6.64. The highest BCUT2D eigenvalue weighted by molar-refractivity contribution is 6.06. The Morgan fingerprint density at radius 2 is 1.76 bits per heavy atom. The highest BCUT2D eigenvalue weighted by Gasteiger charge is 2.13. The summed E-state index contributed by atoms with van der Waals surface area (Å²) in [5, 5.41) is 12.9. The van der Waals surface area contributed by atoms with Gasteiger partial charge in [-0.3, -0.25) is 9.59 Å². The highest BCUT2D eigenvalue weighted by atomic mass is 16.3. The number of nitrogens with zero attached hydrogens (tertiary/aromatic N) is 1. The molecule has 0 aliphatic rings. The van der Waals surface area contributed by atoms with Crippen LogP contribution in [-0.2, 0) is 0 Å². The number of phenols is 1. The number of nitrogens with one attached hydrogen (secondary N) is 2. The average molecular weight is 387 g/mol. The number of carbonyl (C=O) groups excluding carboxylic acids is 1. The third kappa shape index (κ3) is 3.41. The van der Waals surface area contributed by atoms with Gasteiger partial charge in [-0.1, -0.05) is 24.3 Å². The molecule has 144 valence electrons. The number of hydrogen-bond acceptors (Lipinski definition) is 4. The molecule has 0 radical (unpaired) electrons. The molecule has 29 heavy (non-hydrogen) atoms. The molecule has 0 spiro atoms. The molecule has 0 unspecified atom stereocenters. The van der Waals surface area contributed by atoms with Crippen LogP contribution in [0.25, 0.3) is 16.6 Å². The number of H-pyrrole nitrogens is 1. The fourth-order valence-corrected chi connectivity index (χ4v) is 3.11. The minimum atomic E-state index is -0.595. The first kappa shape index (κ1) is 18.2. The number of carbonyl (C=O) groups is 1. The van der Waals surface area contributed by atoms with Gasteiger partial charge in [-0.2, -0.15) is 0 Å². The molecule has 0 bridgehead atoms. The molecular formula is C22H17N3O4. The molecule has 4 rings (SSSR count). The molecular weight excluding hydrogens is 370 g/mol. The van der Waals surface area contributed by atoms with Gasteiger partial charge in [0.2, 0.25) is 0 Å². The van der Waals surface area contributed by atoms with Crippen molar-refractivity contribution in [2.24, 2.45) is 0 Å². The van der Waals surface area contributed by atoms with Gasteiger partial charge in [-0.15, -0.1) is 0 Å². The van der Waals surface area contributed by atoms with E-state index in [0.717, 1.165) is 10.1 Å². The summed E-state index contributed by atoms with van der Waals surface area (Å²) in [7, 11) is 0. The van der Waals surface area contributed by atoms with Crippen LogP contribution in [0.4, 0.5) is 5.69 Å². The fourth-order valence-electron chi connectivity index (χ4n) is 3.11. The van der Waals surface area contributed by atoms with E-state index >= 15 is 0 Å². The Morgan fingerprint density at radius 3 is 2.48 bits per heavy atom. The van der Waals surface area contributed by atoms with Crippen molar-refractivity contribution >= 4 is 22.5 Å². The van der Waals surface area contributed by atoms with E-state index in [1.807, 2.05) is 6.92 Å². The summed E-state index contributed by atoms with van der Waals surface area (Å²) >= 11 is 0. The number of fused-ring (bicyclic) bond motifs is 1. The van der Waals surface area contributed by atoms with Gasteiger partial charge in [0.1, 0.15) is 5.75 Å². The normalized spacial score (nSPS) is 10.8. The molecule has 0 aliphatic heterocycles. The third-order valence-electron chi connectivity index (χ3n) is 4.58. The van der Waals surface area contributed by atoms with Gasteiger partial charge in [0.15, 0.2) is 0 Å². The third-order valence-corrected chi connectivity index (χ3v) is 4.58. The number of aromatic hydroxyl groups is 1. The number of aryl methyl sites for hydroxylation is 1. The van der Waals surface area contributed by atoms with Gasteiger partial charge < -0.3 is 15.4 Å². The van der Waals surface area contributed by atoms with Crippen LogP contribution in [0.1, 0.15) is 15.9 Å². The van der Waals surface area contributed by atoms with Crippen molar-refractivity contribution < 1.29 is 9.90 Å². The van der Waals surface area contributed by atoms with Crippen LogP contribution in [0.15, 0.2) is 76.3 Å². The van der Waals surface area contributed by atoms with E-state index in [4.69, 9.17) is 0 Å². The maximum atomic E-state index is 12.8. The van der Waals surface area contributed by atoms with Gasteiger partial charge in [-0.25, -0.2) is 9.36 Å². The first-order valence-electron chi connectivity index (χ1n) is 8.89. The molecule has 7 heteroatoms. The van der Waals surface area contributed by atoms with Gasteiger partial charge in [0.25, 0.3) is 11.5 Å². The predicted molar refractivity (Wildman–Crippen MR) is 111 cm³/mol. The number of aromatic amines is 1. The Labute approximate surface area is 164 Å². The first-order valence-corrected chi connectivity index (χ1v) is 8.89. The number of amides is 1. The lowest BCUT2D eigenvalue weighted by Crippen LogP contribution is -2.33. The Bertz CT molecular complexity index is 1350. The number of benzene rings is 3. The number of rotatable bonds is 3. The molecule has 3 aromatic carbocycles. The molecule has 0 atom stereocenters. The number of phenolic OH excluding ortho intramolecular Hbond substituents is 1. The molecule has 4 aromatic rings. The van der Waals surface area contributed by atoms with Crippen molar-refractivity contribution in [2.45, 2.75) is 6.92 Å². The molecule has 3 N–H and O–H groups in total. The number of aromatic nitrogens is 2. The topological polar surface area (TPSA) is 104 Å². The molecule has 1 aromatic heterocycles. The Hall–Kier alpha value is -4.13. The molecule has 0 aliphatic carbocycles. The summed E-state index contributed by atoms with van der Waals surface area (Å²) in [5.41, 5.74) is 1.02. The van der Waals surface area contributed by atoms with Gasteiger partial charge in [-0.05, 0) is 55.0 Å². The van der Waals surface area contributed by atoms with E-state index in [1.54, 1.807) is 48.5 Å². The highest BCUT2D eigenvalue weighted by Crippen LogP contribution is 2.24. The molecule has 0 fully saturated rings. The Morgan fingerprint density at radius 1 is 1.00 bits per heavy atom. The van der Waals surface area contributed by atoms with E-state index < -0.39 is 17.2 Å². The number of para-hydroxylation sites is 1. The quantitative estimate of drug-likeness (QED) is 0.470. The van der Waals surface area contributed by atoms with Crippen molar-refractivity contribution in [3.63, 3.8) is 0 Å². The average Bonchev–Trinajstić information content (AvgIpc) is 2.70. The largest absolute Gasteiger partial charge is 0.506 e. The second-order valence-electron chi connectivity index (χ2n) is 6.64. The Balaban J connectivity index is 1.74. The number of hydrogen-bond donors (Lipinski definition) is 3. The van der Waals surface area contributed by atoms with Gasteiger partial charge in [0.05, 0.1) is 22.3 Å². The van der Waals surface area contributed by atoms with Crippen LogP contribution in [-0.4, -0.2) is 20.6 Å². The summed E-state index contributed by atoms with van der Waals surface area (Å²) in [6, 6.07) is 17.9. The Kier molecular flexibility index (Phi) is 4.48. The monoisotopic (exact) mass is 387 g/mol. The standard InChI is InChI=1S/C22H17N3O4/c1-13-7-10-17(19(26)11-13)23-20(27)14-8-9-16-18(12-14)24-22(29)25(21(16)28)15-5-3-2-4-6-15/h2-12,26H,1H3,(H,23,27)(H,24,29). The van der Waals surface area contributed by atoms with Crippen molar-refractivity contribution in [1.82, 2.24) is 9.55 Å². The molecule has 0 saturated carbocycles. The van der Waals surface area contributed by atoms with Crippen molar-refractivity contribution in [2.75, 3.05) is 5.32 Å². The second kappa shape index (κ2) is 7.12. The van der Waals surface area contributed by atoms with Crippen molar-refractivity contribution in [1.29, 1.82) is 0 Å². The maximum Gasteiger partial charge on any atom is 0.333 e. The summed E-state index contributed by atoms with van der Waals surface area (Å²) in [6.07, 6.45) is 0. The first-order chi connectivity index (χ1) is 13.9. The van der Waals surface area contributed by atoms with Crippen LogP contribution in [0.3, 0.4) is 0 Å². The zero-order valence-electron chi connectivity index (χ0n) is 15.5. The van der Waals surface area contributed by atoms with E-state index in [1.165, 1.54) is 18.2 Å². The van der Waals surface area contributed by atoms with E-state index in [-0.39, 0.29) is 27.9 Å². The van der Waals surface area contributed by atoms with E-state index in [9.17, 15) is 19.5 Å². The lowest BCUT2D eigenvalue weighted by molar-refractivity contribution is 0.102. The van der Waals surface area contributed by atoms with Crippen LogP contribution < -0.4 is 16.6 Å². The van der Waals surface area contributed by atoms with E-state index in [0.29, 0.717) is 5.69 Å². The maximum absolute atomic E-state index is 12.8. The minimum Gasteiger partial charge on any atom is -0.506 e. The minimum absolute atomic E-state index is 0.0432.